The quantitative estimate of drug-likeness (QED) is 0.223. The number of nitrogens with zero attached hydrogens (tertiary/aromatic N) is 1. The van der Waals surface area contributed by atoms with Gasteiger partial charge in [0, 0.05) is 5.56 Å². The van der Waals surface area contributed by atoms with Gasteiger partial charge in [0.05, 0.1) is 44.5 Å². The van der Waals surface area contributed by atoms with Gasteiger partial charge in [0.2, 0.25) is 0 Å². The molecular formula is C33H37N2O6+. The third-order valence-corrected chi connectivity index (χ3v) is 7.52. The average Bonchev–Trinajstić information content (AvgIpc) is 3.25. The maximum Gasteiger partial charge on any atom is 0.295 e. The molecule has 2 aliphatic rings. The lowest BCUT2D eigenvalue weighted by Crippen LogP contribution is -3.14. The highest BCUT2D eigenvalue weighted by Gasteiger charge is 2.46. The van der Waals surface area contributed by atoms with E-state index in [-0.39, 0.29) is 11.3 Å². The number of hydrogen-bond acceptors (Lipinski definition) is 6. The monoisotopic (exact) mass is 557 g/mol. The van der Waals surface area contributed by atoms with Gasteiger partial charge in [-0.05, 0) is 66.9 Å². The summed E-state index contributed by atoms with van der Waals surface area (Å²) in [7, 11) is 0. The predicted octanol–water partition coefficient (Wildman–Crippen LogP) is 3.91. The van der Waals surface area contributed by atoms with E-state index >= 15 is 0 Å². The number of carbonyl (C=O) groups is 2. The van der Waals surface area contributed by atoms with E-state index in [1.54, 1.807) is 17.0 Å². The van der Waals surface area contributed by atoms with Crippen molar-refractivity contribution in [3.05, 3.63) is 95.1 Å². The minimum atomic E-state index is -0.759. The van der Waals surface area contributed by atoms with E-state index in [0.717, 1.165) is 25.1 Å². The molecule has 0 aliphatic carbocycles. The van der Waals surface area contributed by atoms with Crippen molar-refractivity contribution in [2.45, 2.75) is 26.3 Å². The summed E-state index contributed by atoms with van der Waals surface area (Å²) >= 11 is 0. The molecule has 3 aromatic carbocycles. The van der Waals surface area contributed by atoms with Crippen LogP contribution in [0.2, 0.25) is 0 Å². The molecule has 0 unspecified atom stereocenters. The average molecular weight is 558 g/mol. The molecule has 0 bridgehead atoms. The number of quaternary nitrogens is 1. The Labute approximate surface area is 240 Å². The van der Waals surface area contributed by atoms with E-state index in [2.05, 4.69) is 0 Å². The Bertz CT molecular complexity index is 1410. The third kappa shape index (κ3) is 6.45. The molecule has 41 heavy (non-hydrogen) atoms. The number of aryl methyl sites for hydroxylation is 1. The number of Topliss-reactive ketones (excluding diaryl/α,β-unsaturated/α-hetero) is 1. The number of aliphatic hydroxyl groups is 1. The van der Waals surface area contributed by atoms with Gasteiger partial charge in [-0.2, -0.15) is 0 Å². The first kappa shape index (κ1) is 28.4. The van der Waals surface area contributed by atoms with Gasteiger partial charge in [-0.1, -0.05) is 37.3 Å². The standard InChI is InChI=1S/C33H36N2O6/c1-3-18-40-26-12-13-28(23(2)21-26)31(36)29-30(24-8-7-11-27(22-24)41-25-9-5-4-6-10-25)35(33(38)32(29)37)15-14-34-16-19-39-20-17-34/h4-13,21-22,30,36H,3,14-20H2,1-2H3/p+1/t30-/m0/s1. The topological polar surface area (TPSA) is 89.7 Å². The molecule has 1 atom stereocenters. The molecule has 214 valence electrons. The Morgan fingerprint density at radius 3 is 2.46 bits per heavy atom. The van der Waals surface area contributed by atoms with Crippen LogP contribution in [-0.4, -0.2) is 67.7 Å². The van der Waals surface area contributed by atoms with E-state index in [0.29, 0.717) is 61.3 Å². The second-order valence-electron chi connectivity index (χ2n) is 10.4. The van der Waals surface area contributed by atoms with Crippen molar-refractivity contribution in [3.63, 3.8) is 0 Å². The number of ether oxygens (including phenoxy) is 3. The molecule has 0 saturated carbocycles. The molecule has 3 aromatic rings. The van der Waals surface area contributed by atoms with E-state index in [1.165, 1.54) is 4.90 Å². The van der Waals surface area contributed by atoms with Gasteiger partial charge in [-0.25, -0.2) is 0 Å². The fourth-order valence-electron chi connectivity index (χ4n) is 5.38. The van der Waals surface area contributed by atoms with Gasteiger partial charge in [0.25, 0.3) is 11.7 Å². The highest BCUT2D eigenvalue weighted by molar-refractivity contribution is 6.46. The van der Waals surface area contributed by atoms with Crippen LogP contribution in [0, 0.1) is 6.92 Å². The SMILES string of the molecule is CCCOc1ccc(C(O)=C2C(=O)C(=O)N(CC[NH+]3CCOCC3)[C@H]2c2cccc(Oc3ccccc3)c2)c(C)c1. The Morgan fingerprint density at radius 2 is 1.73 bits per heavy atom. The van der Waals surface area contributed by atoms with Crippen LogP contribution in [0.4, 0.5) is 0 Å². The fourth-order valence-corrected chi connectivity index (χ4v) is 5.38. The van der Waals surface area contributed by atoms with Gasteiger partial charge < -0.3 is 29.1 Å². The number of carbonyl (C=O) groups excluding carboxylic acids is 2. The van der Waals surface area contributed by atoms with Crippen LogP contribution in [0.3, 0.4) is 0 Å². The Morgan fingerprint density at radius 1 is 0.976 bits per heavy atom. The molecule has 0 radical (unpaired) electrons. The van der Waals surface area contributed by atoms with Crippen molar-refractivity contribution in [1.82, 2.24) is 4.90 Å². The Kier molecular flexibility index (Phi) is 9.01. The van der Waals surface area contributed by atoms with E-state index in [1.807, 2.05) is 74.5 Å². The smallest absolute Gasteiger partial charge is 0.295 e. The van der Waals surface area contributed by atoms with Gasteiger partial charge in [0.1, 0.15) is 36.1 Å². The number of rotatable bonds is 10. The van der Waals surface area contributed by atoms with Gasteiger partial charge >= 0.3 is 0 Å². The first-order chi connectivity index (χ1) is 20.0. The van der Waals surface area contributed by atoms with Crippen molar-refractivity contribution >= 4 is 17.4 Å². The molecular weight excluding hydrogens is 520 g/mol. The number of morpholine rings is 1. The zero-order chi connectivity index (χ0) is 28.8. The number of para-hydroxylation sites is 1. The van der Waals surface area contributed by atoms with Crippen LogP contribution in [0.5, 0.6) is 17.2 Å². The highest BCUT2D eigenvalue weighted by Crippen LogP contribution is 2.41. The highest BCUT2D eigenvalue weighted by atomic mass is 16.5. The molecule has 2 heterocycles. The second-order valence-corrected chi connectivity index (χ2v) is 10.4. The summed E-state index contributed by atoms with van der Waals surface area (Å²) in [6.45, 7) is 8.57. The number of amides is 1. The van der Waals surface area contributed by atoms with Crippen molar-refractivity contribution in [2.75, 3.05) is 46.0 Å². The van der Waals surface area contributed by atoms with Crippen LogP contribution in [0.25, 0.3) is 5.76 Å². The normalized spacial score (nSPS) is 19.0. The molecule has 5 rings (SSSR count). The van der Waals surface area contributed by atoms with E-state index < -0.39 is 17.7 Å². The number of benzene rings is 3. The molecule has 2 saturated heterocycles. The zero-order valence-corrected chi connectivity index (χ0v) is 23.6. The number of likely N-dealkylation sites (tertiary alicyclic amines) is 1. The molecule has 2 fully saturated rings. The predicted molar refractivity (Wildman–Crippen MR) is 155 cm³/mol. The van der Waals surface area contributed by atoms with Crippen LogP contribution >= 0.6 is 0 Å². The minimum absolute atomic E-state index is 0.0779. The van der Waals surface area contributed by atoms with E-state index in [4.69, 9.17) is 14.2 Å². The van der Waals surface area contributed by atoms with Crippen LogP contribution in [0.1, 0.15) is 36.1 Å². The number of aliphatic hydroxyl groups excluding tert-OH is 1. The zero-order valence-electron chi connectivity index (χ0n) is 23.6. The summed E-state index contributed by atoms with van der Waals surface area (Å²) in [6, 6.07) is 21.4. The van der Waals surface area contributed by atoms with Gasteiger partial charge in [0.15, 0.2) is 0 Å². The van der Waals surface area contributed by atoms with Gasteiger partial charge in [-0.3, -0.25) is 9.59 Å². The molecule has 8 heteroatoms. The lowest BCUT2D eigenvalue weighted by molar-refractivity contribution is -0.907. The summed E-state index contributed by atoms with van der Waals surface area (Å²) in [5.41, 5.74) is 2.01. The second kappa shape index (κ2) is 13.0. The van der Waals surface area contributed by atoms with Crippen LogP contribution in [0.15, 0.2) is 78.4 Å². The largest absolute Gasteiger partial charge is 0.507 e. The molecule has 1 amide bonds. The van der Waals surface area contributed by atoms with E-state index in [9.17, 15) is 14.7 Å². The van der Waals surface area contributed by atoms with Crippen molar-refractivity contribution in [1.29, 1.82) is 0 Å². The lowest BCUT2D eigenvalue weighted by atomic mass is 9.93. The summed E-state index contributed by atoms with van der Waals surface area (Å²) < 4.78 is 17.3. The summed E-state index contributed by atoms with van der Waals surface area (Å²) in [6.07, 6.45) is 0.878. The fraction of sp³-hybridized carbons (Fsp3) is 0.333. The maximum absolute atomic E-state index is 13.6. The third-order valence-electron chi connectivity index (χ3n) is 7.52. The number of hydrogen-bond donors (Lipinski definition) is 2. The Balaban J connectivity index is 1.53. The summed E-state index contributed by atoms with van der Waals surface area (Å²) in [4.78, 5) is 30.0. The number of ketones is 1. The minimum Gasteiger partial charge on any atom is -0.507 e. The first-order valence-electron chi connectivity index (χ1n) is 14.2. The van der Waals surface area contributed by atoms with Crippen molar-refractivity contribution < 1.29 is 33.8 Å². The molecule has 0 spiro atoms. The molecule has 2 N–H and O–H groups in total. The van der Waals surface area contributed by atoms with Crippen molar-refractivity contribution in [2.24, 2.45) is 0 Å². The lowest BCUT2D eigenvalue weighted by Gasteiger charge is -2.29. The number of nitrogens with one attached hydrogen (secondary N) is 1. The molecule has 2 aliphatic heterocycles. The van der Waals surface area contributed by atoms with Crippen LogP contribution in [-0.2, 0) is 14.3 Å². The molecule has 0 aromatic heterocycles. The van der Waals surface area contributed by atoms with Gasteiger partial charge in [-0.15, -0.1) is 0 Å². The maximum atomic E-state index is 13.6. The first-order valence-corrected chi connectivity index (χ1v) is 14.2. The Hall–Kier alpha value is -4.14. The summed E-state index contributed by atoms with van der Waals surface area (Å²) in [5.74, 6) is 0.451. The van der Waals surface area contributed by atoms with Crippen LogP contribution < -0.4 is 14.4 Å². The molecule has 8 nitrogen and oxygen atoms in total. The summed E-state index contributed by atoms with van der Waals surface area (Å²) in [5, 5.41) is 11.6. The van der Waals surface area contributed by atoms with Crippen molar-refractivity contribution in [3.8, 4) is 17.2 Å².